The summed E-state index contributed by atoms with van der Waals surface area (Å²) in [5, 5.41) is 2.94. The fraction of sp³-hybridized carbons (Fsp3) is 0.167. The van der Waals surface area contributed by atoms with Gasteiger partial charge < -0.3 is 11.1 Å². The molecule has 3 N–H and O–H groups in total. The number of nitrogens with one attached hydrogen (secondary N) is 1. The van der Waals surface area contributed by atoms with Gasteiger partial charge in [-0.25, -0.2) is 0 Å². The van der Waals surface area contributed by atoms with E-state index in [2.05, 4.69) is 11.9 Å². The molecule has 2 aromatic carbocycles. The quantitative estimate of drug-likeness (QED) is 0.799. The Morgan fingerprint density at radius 1 is 1.14 bits per heavy atom. The smallest absolute Gasteiger partial charge is 0.251 e. The molecule has 3 nitrogen and oxygen atoms in total. The summed E-state index contributed by atoms with van der Waals surface area (Å²) in [6.45, 7) is 4.28. The highest BCUT2D eigenvalue weighted by molar-refractivity contribution is 5.95. The van der Waals surface area contributed by atoms with Gasteiger partial charge in [0.05, 0.1) is 0 Å². The average Bonchev–Trinajstić information content (AvgIpc) is 2.55. The molecule has 0 fully saturated rings. The van der Waals surface area contributed by atoms with Crippen molar-refractivity contribution in [2.24, 2.45) is 5.73 Å². The molecule has 0 saturated heterocycles. The summed E-state index contributed by atoms with van der Waals surface area (Å²) in [5.41, 5.74) is 8.56. The average molecular weight is 280 g/mol. The van der Waals surface area contributed by atoms with E-state index in [0.717, 1.165) is 12.0 Å². The van der Waals surface area contributed by atoms with Crippen molar-refractivity contribution >= 4 is 5.91 Å². The van der Waals surface area contributed by atoms with Crippen molar-refractivity contribution in [1.82, 2.24) is 5.32 Å². The lowest BCUT2D eigenvalue weighted by Crippen LogP contribution is -2.27. The molecule has 0 saturated carbocycles. The predicted octanol–water partition coefficient (Wildman–Crippen LogP) is 2.84. The Morgan fingerprint density at radius 2 is 1.81 bits per heavy atom. The third-order valence-corrected chi connectivity index (χ3v) is 3.36. The lowest BCUT2D eigenvalue weighted by atomic mass is 10.0. The number of carbonyl (C=O) groups is 1. The molecule has 0 radical (unpaired) electrons. The van der Waals surface area contributed by atoms with Crippen LogP contribution in [0.25, 0.3) is 0 Å². The van der Waals surface area contributed by atoms with Crippen LogP contribution in [0.4, 0.5) is 0 Å². The summed E-state index contributed by atoms with van der Waals surface area (Å²) in [6.07, 6.45) is 2.44. The van der Waals surface area contributed by atoms with Crippen LogP contribution in [0.2, 0.25) is 0 Å². The number of benzene rings is 2. The third-order valence-electron chi connectivity index (χ3n) is 3.36. The first-order valence-corrected chi connectivity index (χ1v) is 7.01. The summed E-state index contributed by atoms with van der Waals surface area (Å²) in [4.78, 5) is 12.3. The van der Waals surface area contributed by atoms with Crippen LogP contribution in [0.15, 0.2) is 67.3 Å². The van der Waals surface area contributed by atoms with E-state index in [1.165, 1.54) is 5.56 Å². The van der Waals surface area contributed by atoms with Crippen molar-refractivity contribution in [3.05, 3.63) is 83.9 Å². The van der Waals surface area contributed by atoms with Gasteiger partial charge in [0.25, 0.3) is 5.91 Å². The van der Waals surface area contributed by atoms with Crippen molar-refractivity contribution in [2.75, 3.05) is 6.54 Å². The van der Waals surface area contributed by atoms with Gasteiger partial charge in [0.15, 0.2) is 0 Å². The summed E-state index contributed by atoms with van der Waals surface area (Å²) >= 11 is 0. The normalized spacial score (nSPS) is 11.7. The molecule has 21 heavy (non-hydrogen) atoms. The standard InChI is InChI=1S/C18H20N2O/c1-2-17(19)15-10-6-7-11-16(15)18(21)20-13-12-14-8-4-3-5-9-14/h2-11,17H,1,12-13,19H2,(H,20,21). The molecule has 108 valence electrons. The van der Waals surface area contributed by atoms with Crippen molar-refractivity contribution in [1.29, 1.82) is 0 Å². The van der Waals surface area contributed by atoms with Gasteiger partial charge >= 0.3 is 0 Å². The van der Waals surface area contributed by atoms with Gasteiger partial charge in [0.2, 0.25) is 0 Å². The van der Waals surface area contributed by atoms with Crippen LogP contribution in [0.1, 0.15) is 27.5 Å². The highest BCUT2D eigenvalue weighted by Crippen LogP contribution is 2.16. The first-order valence-electron chi connectivity index (χ1n) is 7.01. The summed E-state index contributed by atoms with van der Waals surface area (Å²) in [5.74, 6) is -0.0983. The van der Waals surface area contributed by atoms with Gasteiger partial charge in [0.1, 0.15) is 0 Å². The second-order valence-electron chi connectivity index (χ2n) is 4.84. The first kappa shape index (κ1) is 15.0. The maximum absolute atomic E-state index is 12.3. The monoisotopic (exact) mass is 280 g/mol. The molecule has 0 aromatic heterocycles. The van der Waals surface area contributed by atoms with E-state index in [1.54, 1.807) is 12.1 Å². The molecule has 3 heteroatoms. The minimum absolute atomic E-state index is 0.0983. The van der Waals surface area contributed by atoms with Crippen LogP contribution < -0.4 is 11.1 Å². The number of amides is 1. The molecule has 0 aliphatic carbocycles. The third kappa shape index (κ3) is 4.04. The van der Waals surface area contributed by atoms with Crippen molar-refractivity contribution < 1.29 is 4.79 Å². The molecule has 0 aliphatic rings. The number of hydrogen-bond acceptors (Lipinski definition) is 2. The van der Waals surface area contributed by atoms with Gasteiger partial charge in [-0.3, -0.25) is 4.79 Å². The molecular formula is C18H20N2O. The van der Waals surface area contributed by atoms with Gasteiger partial charge in [0, 0.05) is 18.2 Å². The molecule has 0 heterocycles. The summed E-state index contributed by atoms with van der Waals surface area (Å²) < 4.78 is 0. The van der Waals surface area contributed by atoms with Crippen LogP contribution in [-0.4, -0.2) is 12.5 Å². The zero-order valence-electron chi connectivity index (χ0n) is 12.0. The van der Waals surface area contributed by atoms with E-state index in [1.807, 2.05) is 48.5 Å². The van der Waals surface area contributed by atoms with Crippen molar-refractivity contribution in [2.45, 2.75) is 12.5 Å². The molecule has 0 bridgehead atoms. The SMILES string of the molecule is C=CC(N)c1ccccc1C(=O)NCCc1ccccc1. The van der Waals surface area contributed by atoms with E-state index in [-0.39, 0.29) is 11.9 Å². The molecule has 2 aromatic rings. The number of nitrogens with two attached hydrogens (primary N) is 1. The number of rotatable bonds is 6. The molecule has 1 amide bonds. The minimum Gasteiger partial charge on any atom is -0.352 e. The Labute approximate surface area is 125 Å². The number of hydrogen-bond donors (Lipinski definition) is 2. The molecule has 2 rings (SSSR count). The highest BCUT2D eigenvalue weighted by atomic mass is 16.1. The van der Waals surface area contributed by atoms with E-state index in [9.17, 15) is 4.79 Å². The molecule has 1 atom stereocenters. The molecule has 0 aliphatic heterocycles. The maximum Gasteiger partial charge on any atom is 0.251 e. The second kappa shape index (κ2) is 7.41. The van der Waals surface area contributed by atoms with Crippen LogP contribution >= 0.6 is 0 Å². The topological polar surface area (TPSA) is 55.1 Å². The van der Waals surface area contributed by atoms with Crippen molar-refractivity contribution in [3.8, 4) is 0 Å². The minimum atomic E-state index is -0.332. The Balaban J connectivity index is 1.99. The van der Waals surface area contributed by atoms with Crippen LogP contribution in [0, 0.1) is 0 Å². The van der Waals surface area contributed by atoms with E-state index in [4.69, 9.17) is 5.73 Å². The predicted molar refractivity (Wildman–Crippen MR) is 86.0 cm³/mol. The van der Waals surface area contributed by atoms with E-state index < -0.39 is 0 Å². The van der Waals surface area contributed by atoms with Crippen LogP contribution in [0.3, 0.4) is 0 Å². The highest BCUT2D eigenvalue weighted by Gasteiger charge is 2.13. The summed E-state index contributed by atoms with van der Waals surface area (Å²) in [6, 6.07) is 17.1. The van der Waals surface area contributed by atoms with E-state index >= 15 is 0 Å². The zero-order valence-corrected chi connectivity index (χ0v) is 12.0. The molecular weight excluding hydrogens is 260 g/mol. The van der Waals surface area contributed by atoms with Gasteiger partial charge in [-0.15, -0.1) is 6.58 Å². The van der Waals surface area contributed by atoms with E-state index in [0.29, 0.717) is 12.1 Å². The zero-order chi connectivity index (χ0) is 15.1. The Kier molecular flexibility index (Phi) is 5.29. The second-order valence-corrected chi connectivity index (χ2v) is 4.84. The Bertz CT molecular complexity index is 608. The fourth-order valence-corrected chi connectivity index (χ4v) is 2.18. The largest absolute Gasteiger partial charge is 0.352 e. The van der Waals surface area contributed by atoms with Crippen LogP contribution in [-0.2, 0) is 6.42 Å². The first-order chi connectivity index (χ1) is 10.2. The number of carbonyl (C=O) groups excluding carboxylic acids is 1. The van der Waals surface area contributed by atoms with Gasteiger partial charge in [-0.1, -0.05) is 54.6 Å². The lowest BCUT2D eigenvalue weighted by molar-refractivity contribution is 0.0953. The maximum atomic E-state index is 12.3. The molecule has 0 spiro atoms. The Hall–Kier alpha value is -2.39. The van der Waals surface area contributed by atoms with Gasteiger partial charge in [-0.2, -0.15) is 0 Å². The lowest BCUT2D eigenvalue weighted by Gasteiger charge is -2.13. The van der Waals surface area contributed by atoms with Gasteiger partial charge in [-0.05, 0) is 23.6 Å². The fourth-order valence-electron chi connectivity index (χ4n) is 2.18. The van der Waals surface area contributed by atoms with Crippen molar-refractivity contribution in [3.63, 3.8) is 0 Å². The summed E-state index contributed by atoms with van der Waals surface area (Å²) in [7, 11) is 0. The molecule has 1 unspecified atom stereocenters. The van der Waals surface area contributed by atoms with Crippen LogP contribution in [0.5, 0.6) is 0 Å². The Morgan fingerprint density at radius 3 is 2.52 bits per heavy atom.